The molecule has 0 aliphatic rings. The number of carbonyl (C=O) groups is 1. The lowest BCUT2D eigenvalue weighted by molar-refractivity contribution is -0.167. The number of rotatable bonds is 6. The third-order valence-electron chi connectivity index (χ3n) is 2.56. The first kappa shape index (κ1) is 18.7. The van der Waals surface area contributed by atoms with Crippen molar-refractivity contribution in [3.05, 3.63) is 10.2 Å². The van der Waals surface area contributed by atoms with Gasteiger partial charge in [-0.3, -0.25) is 9.40 Å². The Morgan fingerprint density at radius 3 is 2.45 bits per heavy atom. The molecule has 0 fully saturated rings. The number of hydrogen-bond acceptors (Lipinski definition) is 4. The highest BCUT2D eigenvalue weighted by Gasteiger charge is 2.36. The lowest BCUT2D eigenvalue weighted by atomic mass is 10.2. The molecule has 0 radical (unpaired) electrons. The van der Waals surface area contributed by atoms with E-state index in [4.69, 9.17) is 5.11 Å². The zero-order valence-electron chi connectivity index (χ0n) is 11.3. The minimum absolute atomic E-state index is 0.142. The van der Waals surface area contributed by atoms with Gasteiger partial charge in [0.2, 0.25) is 0 Å². The highest BCUT2D eigenvalue weighted by atomic mass is 79.9. The second-order valence-corrected chi connectivity index (χ2v) is 6.63. The summed E-state index contributed by atoms with van der Waals surface area (Å²) in [6.45, 7) is -0.0448. The topological polar surface area (TPSA) is 113 Å². The fourth-order valence-corrected chi connectivity index (χ4v) is 2.98. The number of aromatic nitrogens is 2. The van der Waals surface area contributed by atoms with Crippen molar-refractivity contribution in [2.45, 2.75) is 13.1 Å². The van der Waals surface area contributed by atoms with E-state index in [9.17, 15) is 26.4 Å². The number of anilines is 1. The molecule has 1 heterocycles. The number of alkyl halides is 3. The minimum Gasteiger partial charge on any atom is -0.476 e. The van der Waals surface area contributed by atoms with Crippen LogP contribution in [0.2, 0.25) is 0 Å². The quantitative estimate of drug-likeness (QED) is 0.656. The van der Waals surface area contributed by atoms with E-state index in [1.807, 2.05) is 4.72 Å². The van der Waals surface area contributed by atoms with Crippen molar-refractivity contribution in [2.24, 2.45) is 13.0 Å². The highest BCUT2D eigenvalue weighted by Crippen LogP contribution is 2.27. The number of hydrogen-bond donors (Lipinski definition) is 3. The van der Waals surface area contributed by atoms with E-state index in [1.165, 1.54) is 7.05 Å². The molecule has 0 spiro atoms. The van der Waals surface area contributed by atoms with E-state index in [1.54, 1.807) is 4.72 Å². The van der Waals surface area contributed by atoms with Gasteiger partial charge in [0.1, 0.15) is 0 Å². The van der Waals surface area contributed by atoms with Gasteiger partial charge in [-0.05, 0) is 15.9 Å². The molecule has 0 saturated carbocycles. The molecule has 1 rings (SSSR count). The molecule has 1 atom stereocenters. The summed E-state index contributed by atoms with van der Waals surface area (Å²) < 4.78 is 64.6. The van der Waals surface area contributed by atoms with Crippen LogP contribution in [0.15, 0.2) is 4.47 Å². The number of aromatic carboxylic acids is 1. The summed E-state index contributed by atoms with van der Waals surface area (Å²) in [6.07, 6.45) is -4.54. The molecule has 0 aliphatic heterocycles. The zero-order valence-corrected chi connectivity index (χ0v) is 13.7. The van der Waals surface area contributed by atoms with Gasteiger partial charge in [0, 0.05) is 13.6 Å². The maximum atomic E-state index is 12.3. The zero-order chi connectivity index (χ0) is 17.3. The molecule has 126 valence electrons. The molecule has 0 aromatic carbocycles. The normalized spacial score (nSPS) is 13.9. The second kappa shape index (κ2) is 6.42. The Morgan fingerprint density at radius 1 is 1.50 bits per heavy atom. The van der Waals surface area contributed by atoms with E-state index in [-0.39, 0.29) is 16.0 Å². The first-order chi connectivity index (χ1) is 9.85. The second-order valence-electron chi connectivity index (χ2n) is 4.34. The molecule has 13 heteroatoms. The van der Waals surface area contributed by atoms with Crippen LogP contribution in [0.5, 0.6) is 0 Å². The van der Waals surface area contributed by atoms with Crippen molar-refractivity contribution >= 4 is 37.9 Å². The maximum Gasteiger partial charge on any atom is 0.392 e. The summed E-state index contributed by atoms with van der Waals surface area (Å²) in [6, 6.07) is 0. The van der Waals surface area contributed by atoms with Crippen LogP contribution in [0.3, 0.4) is 0 Å². The first-order valence-corrected chi connectivity index (χ1v) is 7.92. The van der Waals surface area contributed by atoms with Crippen LogP contribution in [-0.4, -0.2) is 42.0 Å². The average molecular weight is 409 g/mol. The molecule has 1 aromatic rings. The number of aryl methyl sites for hydroxylation is 1. The van der Waals surface area contributed by atoms with Gasteiger partial charge in [-0.15, -0.1) is 0 Å². The number of nitrogens with zero attached hydrogens (tertiary/aromatic N) is 2. The Balaban J connectivity index is 2.86. The minimum atomic E-state index is -4.54. The Bertz CT molecular complexity index is 673. The van der Waals surface area contributed by atoms with Crippen LogP contribution >= 0.6 is 15.9 Å². The van der Waals surface area contributed by atoms with Gasteiger partial charge < -0.3 is 5.11 Å². The summed E-state index contributed by atoms with van der Waals surface area (Å²) in [5.41, 5.74) is -0.318. The van der Waals surface area contributed by atoms with Gasteiger partial charge >= 0.3 is 12.1 Å². The summed E-state index contributed by atoms with van der Waals surface area (Å²) >= 11 is 2.87. The molecular formula is C9H12BrF3N4O4S. The van der Waals surface area contributed by atoms with Crippen molar-refractivity contribution in [2.75, 3.05) is 11.3 Å². The Kier molecular flexibility index (Phi) is 5.46. The molecule has 3 N–H and O–H groups in total. The molecule has 0 aliphatic carbocycles. The fraction of sp³-hybridized carbons (Fsp3) is 0.556. The predicted molar refractivity (Wildman–Crippen MR) is 73.6 cm³/mol. The lowest BCUT2D eigenvalue weighted by Crippen LogP contribution is -2.38. The van der Waals surface area contributed by atoms with Gasteiger partial charge in [0.15, 0.2) is 11.5 Å². The van der Waals surface area contributed by atoms with Crippen LogP contribution in [0.1, 0.15) is 17.4 Å². The molecule has 0 amide bonds. The molecule has 8 nitrogen and oxygen atoms in total. The van der Waals surface area contributed by atoms with Gasteiger partial charge in [0.05, 0.1) is 10.4 Å². The average Bonchev–Trinajstić information content (AvgIpc) is 2.59. The monoisotopic (exact) mass is 408 g/mol. The Morgan fingerprint density at radius 2 is 2.05 bits per heavy atom. The van der Waals surface area contributed by atoms with Crippen molar-refractivity contribution in [3.63, 3.8) is 0 Å². The van der Waals surface area contributed by atoms with E-state index in [0.29, 0.717) is 0 Å². The SMILES string of the molecule is CC(CNS(=O)(=O)Nc1nn(C)c(C(=O)O)c1Br)C(F)(F)F. The Labute approximate surface area is 132 Å². The van der Waals surface area contributed by atoms with Crippen molar-refractivity contribution < 1.29 is 31.5 Å². The molecule has 1 unspecified atom stereocenters. The van der Waals surface area contributed by atoms with Crippen molar-refractivity contribution in [3.8, 4) is 0 Å². The summed E-state index contributed by atoms with van der Waals surface area (Å²) in [5.74, 6) is -3.59. The van der Waals surface area contributed by atoms with Gasteiger partial charge in [0.25, 0.3) is 10.2 Å². The Hall–Kier alpha value is -1.34. The lowest BCUT2D eigenvalue weighted by Gasteiger charge is -2.16. The van der Waals surface area contributed by atoms with E-state index >= 15 is 0 Å². The molecular weight excluding hydrogens is 397 g/mol. The van der Waals surface area contributed by atoms with Crippen LogP contribution in [-0.2, 0) is 17.3 Å². The van der Waals surface area contributed by atoms with Crippen LogP contribution in [0, 0.1) is 5.92 Å². The van der Waals surface area contributed by atoms with Crippen LogP contribution in [0.25, 0.3) is 0 Å². The summed E-state index contributed by atoms with van der Waals surface area (Å²) in [4.78, 5) is 10.9. The first-order valence-electron chi connectivity index (χ1n) is 5.65. The number of carboxylic acids is 1. The van der Waals surface area contributed by atoms with E-state index in [2.05, 4.69) is 21.0 Å². The smallest absolute Gasteiger partial charge is 0.392 e. The molecule has 0 saturated heterocycles. The fourth-order valence-electron chi connectivity index (χ4n) is 1.31. The van der Waals surface area contributed by atoms with Gasteiger partial charge in [-0.2, -0.15) is 31.4 Å². The third kappa shape index (κ3) is 4.58. The van der Waals surface area contributed by atoms with Crippen LogP contribution < -0.4 is 9.44 Å². The maximum absolute atomic E-state index is 12.3. The van der Waals surface area contributed by atoms with Gasteiger partial charge in [-0.25, -0.2) is 4.79 Å². The number of carboxylic acid groups (broad SMARTS) is 1. The third-order valence-corrected chi connectivity index (χ3v) is 4.32. The number of halogens is 4. The molecule has 0 bridgehead atoms. The molecule has 1 aromatic heterocycles. The summed E-state index contributed by atoms with van der Waals surface area (Å²) in [5, 5.41) is 12.5. The molecule has 22 heavy (non-hydrogen) atoms. The van der Waals surface area contributed by atoms with Crippen LogP contribution in [0.4, 0.5) is 19.0 Å². The standard InChI is InChI=1S/C9H12BrF3N4O4S/c1-4(9(11,12)13)3-14-22(20,21)16-7-5(10)6(8(18)19)17(2)15-7/h4,14H,3H2,1-2H3,(H,15,16)(H,18,19). The van der Waals surface area contributed by atoms with Crippen molar-refractivity contribution in [1.82, 2.24) is 14.5 Å². The van der Waals surface area contributed by atoms with E-state index < -0.39 is 34.8 Å². The predicted octanol–water partition coefficient (Wildman–Crippen LogP) is 1.33. The largest absolute Gasteiger partial charge is 0.476 e. The van der Waals surface area contributed by atoms with Crippen molar-refractivity contribution in [1.29, 1.82) is 0 Å². The summed E-state index contributed by atoms with van der Waals surface area (Å²) in [7, 11) is -3.07. The van der Waals surface area contributed by atoms with Gasteiger partial charge in [-0.1, -0.05) is 6.92 Å². The number of nitrogens with one attached hydrogen (secondary N) is 2. The highest BCUT2D eigenvalue weighted by molar-refractivity contribution is 9.10. The van der Waals surface area contributed by atoms with E-state index in [0.717, 1.165) is 11.6 Å².